The van der Waals surface area contributed by atoms with Crippen LogP contribution < -0.4 is 4.74 Å². The van der Waals surface area contributed by atoms with Crippen molar-refractivity contribution in [3.63, 3.8) is 0 Å². The first kappa shape index (κ1) is 26.2. The van der Waals surface area contributed by atoms with Gasteiger partial charge in [0.2, 0.25) is 0 Å². The number of hydrogen-bond acceptors (Lipinski definition) is 5. The molecule has 2 aromatic heterocycles. The zero-order valence-corrected chi connectivity index (χ0v) is 22.2. The monoisotopic (exact) mass is 501 g/mol. The second-order valence-corrected chi connectivity index (χ2v) is 10.0. The first-order chi connectivity index (χ1) is 17.6. The number of aliphatic carboxylic acids is 1. The van der Waals surface area contributed by atoms with Gasteiger partial charge in [0.25, 0.3) is 0 Å². The van der Waals surface area contributed by atoms with Crippen LogP contribution in [0.5, 0.6) is 5.75 Å². The number of carboxylic acids is 1. The highest BCUT2D eigenvalue weighted by Gasteiger charge is 2.30. The number of carboxylic acid groups (broad SMARTS) is 1. The second-order valence-electron chi connectivity index (χ2n) is 10.0. The number of furan rings is 1. The highest BCUT2D eigenvalue weighted by atomic mass is 16.5. The predicted octanol–water partition coefficient (Wildman–Crippen LogP) is 5.88. The Bertz CT molecular complexity index is 1320. The van der Waals surface area contributed by atoms with Crippen molar-refractivity contribution in [3.05, 3.63) is 101 Å². The smallest absolute Gasteiger partial charge is 0.347 e. The lowest BCUT2D eigenvalue weighted by Gasteiger charge is -2.26. The average molecular weight is 502 g/mol. The normalized spacial score (nSPS) is 11.7. The van der Waals surface area contributed by atoms with E-state index in [1.54, 1.807) is 20.1 Å². The number of aromatic nitrogens is 2. The van der Waals surface area contributed by atoms with Crippen molar-refractivity contribution in [2.24, 2.45) is 0 Å². The van der Waals surface area contributed by atoms with Crippen LogP contribution in [0.4, 0.5) is 0 Å². The summed E-state index contributed by atoms with van der Waals surface area (Å²) in [5.74, 6) is 0.539. The Balaban J connectivity index is 1.52. The van der Waals surface area contributed by atoms with Crippen molar-refractivity contribution in [2.75, 3.05) is 6.54 Å². The van der Waals surface area contributed by atoms with Gasteiger partial charge < -0.3 is 14.3 Å². The van der Waals surface area contributed by atoms with Crippen molar-refractivity contribution in [1.29, 1.82) is 0 Å². The average Bonchev–Trinajstić information content (AvgIpc) is 3.50. The van der Waals surface area contributed by atoms with Crippen LogP contribution in [-0.4, -0.2) is 37.9 Å². The molecule has 7 nitrogen and oxygen atoms in total. The molecule has 0 saturated carbocycles. The second kappa shape index (κ2) is 11.0. The van der Waals surface area contributed by atoms with Crippen LogP contribution in [-0.2, 0) is 24.3 Å². The van der Waals surface area contributed by atoms with Crippen LogP contribution in [0.3, 0.4) is 0 Å². The first-order valence-corrected chi connectivity index (χ1v) is 12.5. The van der Waals surface area contributed by atoms with Crippen molar-refractivity contribution < 1.29 is 19.1 Å². The van der Waals surface area contributed by atoms with Crippen LogP contribution in [0.1, 0.15) is 47.6 Å². The number of hydrogen-bond donors (Lipinski definition) is 1. The molecule has 0 aliphatic rings. The van der Waals surface area contributed by atoms with Crippen molar-refractivity contribution in [3.8, 4) is 11.4 Å². The summed E-state index contributed by atoms with van der Waals surface area (Å²) in [6.45, 7) is 11.3. The van der Waals surface area contributed by atoms with Crippen molar-refractivity contribution in [1.82, 2.24) is 14.7 Å². The minimum atomic E-state index is -1.30. The number of aryl methyl sites for hydroxylation is 3. The van der Waals surface area contributed by atoms with E-state index in [1.807, 2.05) is 48.9 Å². The zero-order chi connectivity index (χ0) is 26.6. The molecule has 1 N–H and O–H groups in total. The molecular weight excluding hydrogens is 466 g/mol. The highest BCUT2D eigenvalue weighted by molar-refractivity contribution is 5.77. The molecular formula is C30H35N3O4. The number of nitrogens with zero attached hydrogens (tertiary/aromatic N) is 3. The molecule has 0 bridgehead atoms. The summed E-state index contributed by atoms with van der Waals surface area (Å²) in [6, 6.07) is 18.2. The molecule has 0 amide bonds. The summed E-state index contributed by atoms with van der Waals surface area (Å²) >= 11 is 0. The third kappa shape index (κ3) is 6.49. The molecule has 0 spiro atoms. The maximum atomic E-state index is 11.6. The lowest BCUT2D eigenvalue weighted by molar-refractivity contribution is -0.152. The Labute approximate surface area is 218 Å². The lowest BCUT2D eigenvalue weighted by atomic mass is 10.0. The maximum absolute atomic E-state index is 11.6. The van der Waals surface area contributed by atoms with Crippen LogP contribution in [0.2, 0.25) is 0 Å². The quantitative estimate of drug-likeness (QED) is 0.277. The summed E-state index contributed by atoms with van der Waals surface area (Å²) in [5, 5.41) is 14.2. The molecule has 0 aliphatic carbocycles. The summed E-state index contributed by atoms with van der Waals surface area (Å²) < 4.78 is 13.5. The van der Waals surface area contributed by atoms with E-state index in [-0.39, 0.29) is 0 Å². The van der Waals surface area contributed by atoms with Gasteiger partial charge in [-0.2, -0.15) is 5.10 Å². The van der Waals surface area contributed by atoms with E-state index < -0.39 is 11.6 Å². The van der Waals surface area contributed by atoms with Gasteiger partial charge in [-0.3, -0.25) is 4.90 Å². The van der Waals surface area contributed by atoms with Gasteiger partial charge in [0.1, 0.15) is 11.5 Å². The van der Waals surface area contributed by atoms with Gasteiger partial charge in [0.15, 0.2) is 5.60 Å². The van der Waals surface area contributed by atoms with E-state index in [0.29, 0.717) is 12.3 Å². The molecule has 0 atom stereocenters. The van der Waals surface area contributed by atoms with Gasteiger partial charge in [-0.25, -0.2) is 9.48 Å². The van der Waals surface area contributed by atoms with Gasteiger partial charge >= 0.3 is 5.97 Å². The molecule has 0 saturated heterocycles. The van der Waals surface area contributed by atoms with E-state index >= 15 is 0 Å². The van der Waals surface area contributed by atoms with E-state index in [9.17, 15) is 9.90 Å². The van der Waals surface area contributed by atoms with E-state index in [2.05, 4.69) is 42.3 Å². The number of benzene rings is 2. The van der Waals surface area contributed by atoms with Crippen molar-refractivity contribution in [2.45, 2.75) is 59.7 Å². The van der Waals surface area contributed by atoms with Crippen LogP contribution in [0, 0.1) is 20.8 Å². The van der Waals surface area contributed by atoms with Crippen LogP contribution in [0.25, 0.3) is 5.69 Å². The first-order valence-electron chi connectivity index (χ1n) is 12.5. The maximum Gasteiger partial charge on any atom is 0.347 e. The molecule has 0 fully saturated rings. The molecule has 7 heteroatoms. The molecule has 194 valence electrons. The predicted molar refractivity (Wildman–Crippen MR) is 143 cm³/mol. The molecule has 2 heterocycles. The third-order valence-electron chi connectivity index (χ3n) is 6.48. The van der Waals surface area contributed by atoms with Gasteiger partial charge in [-0.15, -0.1) is 0 Å². The molecule has 37 heavy (non-hydrogen) atoms. The minimum absolute atomic E-state index is 0.623. The summed E-state index contributed by atoms with van der Waals surface area (Å²) in [7, 11) is 0. The zero-order valence-electron chi connectivity index (χ0n) is 22.2. The van der Waals surface area contributed by atoms with Gasteiger partial charge in [-0.05, 0) is 87.6 Å². The molecule has 0 aliphatic heterocycles. The van der Waals surface area contributed by atoms with E-state index in [4.69, 9.17) is 14.3 Å². The summed E-state index contributed by atoms with van der Waals surface area (Å²) in [6.07, 6.45) is 4.66. The highest BCUT2D eigenvalue weighted by Crippen LogP contribution is 2.29. The number of rotatable bonds is 11. The molecule has 4 rings (SSSR count). The standard InChI is InChI=1S/C30H35N3O4/c1-21-16-24(17-22(2)28(21)37-30(4,5)29(34)35)18-32(20-27-12-9-15-36-27)14-13-25-19-33(31-23(25)3)26-10-7-6-8-11-26/h6-12,15-17,19H,13-14,18,20H2,1-5H3,(H,34,35). The lowest BCUT2D eigenvalue weighted by Crippen LogP contribution is -2.38. The number of carbonyl (C=O) groups is 1. The Hall–Kier alpha value is -3.84. The van der Waals surface area contributed by atoms with Gasteiger partial charge in [0, 0.05) is 19.3 Å². The van der Waals surface area contributed by atoms with E-state index in [1.165, 1.54) is 5.56 Å². The molecule has 0 unspecified atom stereocenters. The molecule has 4 aromatic rings. The number of ether oxygens (including phenoxy) is 1. The Morgan fingerprint density at radius 1 is 1.05 bits per heavy atom. The van der Waals surface area contributed by atoms with Gasteiger partial charge in [-0.1, -0.05) is 30.3 Å². The van der Waals surface area contributed by atoms with Crippen LogP contribution in [0.15, 0.2) is 71.5 Å². The largest absolute Gasteiger partial charge is 0.478 e. The Kier molecular flexibility index (Phi) is 7.83. The van der Waals surface area contributed by atoms with E-state index in [0.717, 1.165) is 53.3 Å². The fourth-order valence-corrected chi connectivity index (χ4v) is 4.42. The Morgan fingerprint density at radius 2 is 1.76 bits per heavy atom. The Morgan fingerprint density at radius 3 is 2.38 bits per heavy atom. The SMILES string of the molecule is Cc1cc(CN(CCc2cn(-c3ccccc3)nc2C)Cc2ccco2)cc(C)c1OC(C)(C)C(=O)O. The summed E-state index contributed by atoms with van der Waals surface area (Å²) in [4.78, 5) is 13.9. The minimum Gasteiger partial charge on any atom is -0.478 e. The third-order valence-corrected chi connectivity index (χ3v) is 6.48. The van der Waals surface area contributed by atoms with Gasteiger partial charge in [0.05, 0.1) is 24.2 Å². The molecule has 0 radical (unpaired) electrons. The van der Waals surface area contributed by atoms with Crippen LogP contribution >= 0.6 is 0 Å². The number of para-hydroxylation sites is 1. The fraction of sp³-hybridized carbons (Fsp3) is 0.333. The topological polar surface area (TPSA) is 80.7 Å². The summed E-state index contributed by atoms with van der Waals surface area (Å²) in [5.41, 5.74) is 4.95. The molecule has 2 aromatic carbocycles. The fourth-order valence-electron chi connectivity index (χ4n) is 4.42. The van der Waals surface area contributed by atoms with Crippen molar-refractivity contribution >= 4 is 5.97 Å².